The molecule has 3 N–H and O–H groups in total. The van der Waals surface area contributed by atoms with Crippen molar-refractivity contribution in [3.8, 4) is 0 Å². The van der Waals surface area contributed by atoms with E-state index in [1.165, 1.54) is 17.2 Å². The average molecular weight is 369 g/mol. The van der Waals surface area contributed by atoms with Crippen molar-refractivity contribution in [2.75, 3.05) is 13.1 Å². The van der Waals surface area contributed by atoms with Gasteiger partial charge in [-0.05, 0) is 60.7 Å². The van der Waals surface area contributed by atoms with Gasteiger partial charge in [-0.25, -0.2) is 4.39 Å². The van der Waals surface area contributed by atoms with Gasteiger partial charge in [0, 0.05) is 26.2 Å². The van der Waals surface area contributed by atoms with E-state index in [9.17, 15) is 9.18 Å². The van der Waals surface area contributed by atoms with Crippen LogP contribution in [0.1, 0.15) is 35.1 Å². The quantitative estimate of drug-likeness (QED) is 0.788. The third kappa shape index (κ3) is 5.62. The van der Waals surface area contributed by atoms with Crippen LogP contribution >= 0.6 is 0 Å². The molecule has 2 aromatic carbocycles. The molecule has 5 heteroatoms. The average Bonchev–Trinajstić information content (AvgIpc) is 2.64. The molecular formula is C22H28FN3O. The van der Waals surface area contributed by atoms with E-state index in [-0.39, 0.29) is 17.6 Å². The minimum Gasteiger partial charge on any atom is -0.369 e. The first kappa shape index (κ1) is 19.5. The topological polar surface area (TPSA) is 58.4 Å². The molecule has 0 saturated carbocycles. The van der Waals surface area contributed by atoms with Gasteiger partial charge >= 0.3 is 0 Å². The lowest BCUT2D eigenvalue weighted by molar-refractivity contribution is -0.123. The van der Waals surface area contributed by atoms with Gasteiger partial charge in [-0.15, -0.1) is 0 Å². The van der Waals surface area contributed by atoms with Gasteiger partial charge in [-0.3, -0.25) is 9.69 Å². The van der Waals surface area contributed by atoms with Gasteiger partial charge in [0.05, 0.1) is 5.92 Å². The van der Waals surface area contributed by atoms with Crippen molar-refractivity contribution in [2.24, 2.45) is 11.7 Å². The minimum absolute atomic E-state index is 0.0254. The summed E-state index contributed by atoms with van der Waals surface area (Å²) in [6.07, 6.45) is 1.92. The van der Waals surface area contributed by atoms with E-state index in [1.54, 1.807) is 6.07 Å². The number of hydrogen-bond acceptors (Lipinski definition) is 3. The van der Waals surface area contributed by atoms with Crippen LogP contribution in [-0.4, -0.2) is 23.9 Å². The molecule has 0 bridgehead atoms. The summed E-state index contributed by atoms with van der Waals surface area (Å²) in [7, 11) is 0. The van der Waals surface area contributed by atoms with Gasteiger partial charge in [0.15, 0.2) is 0 Å². The zero-order valence-corrected chi connectivity index (χ0v) is 15.9. The fourth-order valence-electron chi connectivity index (χ4n) is 3.73. The summed E-state index contributed by atoms with van der Waals surface area (Å²) in [6, 6.07) is 13.4. The zero-order chi connectivity index (χ0) is 19.2. The molecule has 0 unspecified atom stereocenters. The molecule has 144 valence electrons. The first-order valence-electron chi connectivity index (χ1n) is 9.56. The molecule has 1 fully saturated rings. The van der Waals surface area contributed by atoms with Gasteiger partial charge < -0.3 is 11.1 Å². The van der Waals surface area contributed by atoms with Crippen LogP contribution in [0.2, 0.25) is 0 Å². The molecule has 1 aliphatic heterocycles. The van der Waals surface area contributed by atoms with Gasteiger partial charge in [-0.1, -0.05) is 30.3 Å². The number of nitrogens with zero attached hydrogens (tertiary/aromatic N) is 1. The largest absolute Gasteiger partial charge is 0.369 e. The number of aryl methyl sites for hydroxylation is 1. The van der Waals surface area contributed by atoms with Gasteiger partial charge in [0.2, 0.25) is 5.91 Å². The van der Waals surface area contributed by atoms with E-state index in [4.69, 9.17) is 5.73 Å². The van der Waals surface area contributed by atoms with Gasteiger partial charge in [0.25, 0.3) is 0 Å². The molecule has 0 radical (unpaired) electrons. The normalized spacial score (nSPS) is 17.8. The highest BCUT2D eigenvalue weighted by molar-refractivity contribution is 5.76. The zero-order valence-electron chi connectivity index (χ0n) is 15.9. The molecule has 1 atom stereocenters. The minimum atomic E-state index is -0.194. The number of hydrogen-bond donors (Lipinski definition) is 2. The summed E-state index contributed by atoms with van der Waals surface area (Å²) in [5.74, 6) is -0.406. The summed E-state index contributed by atoms with van der Waals surface area (Å²) in [6.45, 7) is 6.00. The van der Waals surface area contributed by atoms with Crippen LogP contribution < -0.4 is 11.1 Å². The van der Waals surface area contributed by atoms with E-state index in [2.05, 4.69) is 34.5 Å². The Bertz CT molecular complexity index is 793. The number of benzene rings is 2. The predicted molar refractivity (Wildman–Crippen MR) is 105 cm³/mol. The number of carbonyl (C=O) groups is 1. The Kier molecular flexibility index (Phi) is 6.58. The number of nitrogens with one attached hydrogen (secondary N) is 1. The summed E-state index contributed by atoms with van der Waals surface area (Å²) in [4.78, 5) is 13.8. The van der Waals surface area contributed by atoms with E-state index in [0.29, 0.717) is 6.54 Å². The van der Waals surface area contributed by atoms with E-state index in [0.717, 1.165) is 50.1 Å². The molecule has 0 aromatic heterocycles. The third-order valence-electron chi connectivity index (χ3n) is 5.25. The Balaban J connectivity index is 1.53. The second-order valence-electron chi connectivity index (χ2n) is 7.47. The number of halogens is 1. The molecule has 0 spiro atoms. The summed E-state index contributed by atoms with van der Waals surface area (Å²) in [5.41, 5.74) is 10.0. The Labute approximate surface area is 160 Å². The number of primary amides is 1. The maximum absolute atomic E-state index is 13.2. The summed E-state index contributed by atoms with van der Waals surface area (Å²) in [5, 5.41) is 3.43. The van der Waals surface area contributed by atoms with Gasteiger partial charge in [0.1, 0.15) is 5.82 Å². The maximum Gasteiger partial charge on any atom is 0.221 e. The number of piperidine rings is 1. The number of rotatable bonds is 7. The molecule has 4 nitrogen and oxygen atoms in total. The van der Waals surface area contributed by atoms with Crippen molar-refractivity contribution in [1.82, 2.24) is 10.2 Å². The maximum atomic E-state index is 13.2. The standard InChI is InChI=1S/C22H28FN3O/c1-16-10-21(23)8-7-19(16)13-25-12-17-4-2-5-18(11-17)14-26-9-3-6-20(15-26)22(24)27/h2,4-5,7-8,10-11,20,25H,3,6,9,12-15H2,1H3,(H2,24,27)/t20-/m1/s1. The van der Waals surface area contributed by atoms with Crippen LogP contribution in [0.3, 0.4) is 0 Å². The molecule has 1 heterocycles. The Morgan fingerprint density at radius 1 is 1.22 bits per heavy atom. The third-order valence-corrected chi connectivity index (χ3v) is 5.25. The second-order valence-corrected chi connectivity index (χ2v) is 7.47. The van der Waals surface area contributed by atoms with Crippen LogP contribution in [0.5, 0.6) is 0 Å². The van der Waals surface area contributed by atoms with Crippen LogP contribution in [0.25, 0.3) is 0 Å². The highest BCUT2D eigenvalue weighted by Crippen LogP contribution is 2.19. The van der Waals surface area contributed by atoms with Crippen molar-refractivity contribution in [3.63, 3.8) is 0 Å². The smallest absolute Gasteiger partial charge is 0.221 e. The first-order chi connectivity index (χ1) is 13.0. The second kappa shape index (κ2) is 9.11. The number of nitrogens with two attached hydrogens (primary N) is 1. The van der Waals surface area contributed by atoms with Crippen LogP contribution in [-0.2, 0) is 24.4 Å². The highest BCUT2D eigenvalue weighted by Gasteiger charge is 2.23. The lowest BCUT2D eigenvalue weighted by Gasteiger charge is -2.31. The van der Waals surface area contributed by atoms with Crippen molar-refractivity contribution >= 4 is 5.91 Å². The van der Waals surface area contributed by atoms with Crippen LogP contribution in [0, 0.1) is 18.7 Å². The highest BCUT2D eigenvalue weighted by atomic mass is 19.1. The molecule has 2 aromatic rings. The van der Waals surface area contributed by atoms with E-state index >= 15 is 0 Å². The number of likely N-dealkylation sites (tertiary alicyclic amines) is 1. The van der Waals surface area contributed by atoms with Gasteiger partial charge in [-0.2, -0.15) is 0 Å². The van der Waals surface area contributed by atoms with Crippen molar-refractivity contribution < 1.29 is 9.18 Å². The monoisotopic (exact) mass is 369 g/mol. The first-order valence-corrected chi connectivity index (χ1v) is 9.56. The number of carbonyl (C=O) groups excluding carboxylic acids is 1. The Morgan fingerprint density at radius 2 is 2.04 bits per heavy atom. The SMILES string of the molecule is Cc1cc(F)ccc1CNCc1cccc(CN2CCC[C@@H](C(N)=O)C2)c1. The fourth-order valence-corrected chi connectivity index (χ4v) is 3.73. The van der Waals surface area contributed by atoms with Crippen molar-refractivity contribution in [3.05, 3.63) is 70.5 Å². The van der Waals surface area contributed by atoms with Crippen molar-refractivity contribution in [1.29, 1.82) is 0 Å². The molecular weight excluding hydrogens is 341 g/mol. The van der Waals surface area contributed by atoms with Crippen LogP contribution in [0.15, 0.2) is 42.5 Å². The van der Waals surface area contributed by atoms with Crippen LogP contribution in [0.4, 0.5) is 4.39 Å². The lowest BCUT2D eigenvalue weighted by atomic mass is 9.97. The molecule has 3 rings (SSSR count). The lowest BCUT2D eigenvalue weighted by Crippen LogP contribution is -2.40. The predicted octanol–water partition coefficient (Wildman–Crippen LogP) is 3.12. The molecule has 0 aliphatic carbocycles. The Hall–Kier alpha value is -2.24. The summed E-state index contributed by atoms with van der Waals surface area (Å²) < 4.78 is 13.2. The summed E-state index contributed by atoms with van der Waals surface area (Å²) >= 11 is 0. The van der Waals surface area contributed by atoms with E-state index in [1.807, 2.05) is 13.0 Å². The molecule has 1 aliphatic rings. The fraction of sp³-hybridized carbons (Fsp3) is 0.409. The van der Waals surface area contributed by atoms with Crippen molar-refractivity contribution in [2.45, 2.75) is 39.4 Å². The molecule has 27 heavy (non-hydrogen) atoms. The Morgan fingerprint density at radius 3 is 2.81 bits per heavy atom. The molecule has 1 saturated heterocycles. The molecule has 1 amide bonds. The van der Waals surface area contributed by atoms with E-state index < -0.39 is 0 Å². The number of amides is 1.